The summed E-state index contributed by atoms with van der Waals surface area (Å²) in [7, 11) is 0. The largest absolute Gasteiger partial charge is 0.478 e. The summed E-state index contributed by atoms with van der Waals surface area (Å²) in [6.45, 7) is 2.51. The lowest BCUT2D eigenvalue weighted by molar-refractivity contribution is 0.0696. The zero-order valence-corrected chi connectivity index (χ0v) is 11.5. The summed E-state index contributed by atoms with van der Waals surface area (Å²) in [6.07, 6.45) is 0. The fourth-order valence-electron chi connectivity index (χ4n) is 2.09. The molecule has 0 heterocycles. The second-order valence-corrected chi connectivity index (χ2v) is 4.58. The monoisotopic (exact) mass is 291 g/mol. The van der Waals surface area contributed by atoms with Crippen molar-refractivity contribution in [2.75, 3.05) is 11.4 Å². The Hall–Kier alpha value is -2.43. The topological polar surface area (TPSA) is 40.5 Å². The molecule has 0 atom stereocenters. The Morgan fingerprint density at radius 1 is 1.14 bits per heavy atom. The second-order valence-electron chi connectivity index (χ2n) is 4.58. The Morgan fingerprint density at radius 2 is 1.86 bits per heavy atom. The molecule has 3 nitrogen and oxygen atoms in total. The molecule has 0 aliphatic rings. The van der Waals surface area contributed by atoms with Crippen LogP contribution in [0.15, 0.2) is 42.5 Å². The molecule has 0 bridgehead atoms. The number of rotatable bonds is 5. The Balaban J connectivity index is 2.27. The molecule has 5 heteroatoms. The third-order valence-corrected chi connectivity index (χ3v) is 3.24. The van der Waals surface area contributed by atoms with Crippen LogP contribution in [0.25, 0.3) is 0 Å². The van der Waals surface area contributed by atoms with E-state index in [0.717, 1.165) is 6.07 Å². The summed E-state index contributed by atoms with van der Waals surface area (Å²) in [6, 6.07) is 10.0. The number of anilines is 1. The van der Waals surface area contributed by atoms with Crippen LogP contribution in [0.1, 0.15) is 22.8 Å². The molecule has 0 unspecified atom stereocenters. The van der Waals surface area contributed by atoms with Gasteiger partial charge in [-0.3, -0.25) is 0 Å². The summed E-state index contributed by atoms with van der Waals surface area (Å²) >= 11 is 0. The van der Waals surface area contributed by atoms with E-state index in [4.69, 9.17) is 5.11 Å². The molecule has 0 radical (unpaired) electrons. The molecule has 0 aromatic heterocycles. The van der Waals surface area contributed by atoms with Gasteiger partial charge in [-0.1, -0.05) is 18.2 Å². The van der Waals surface area contributed by atoms with Crippen LogP contribution in [0, 0.1) is 11.6 Å². The molecule has 1 N–H and O–H groups in total. The first-order valence-electron chi connectivity index (χ1n) is 6.54. The molecule has 0 amide bonds. The second kappa shape index (κ2) is 6.35. The van der Waals surface area contributed by atoms with Crippen molar-refractivity contribution in [1.29, 1.82) is 0 Å². The summed E-state index contributed by atoms with van der Waals surface area (Å²) in [5, 5.41) is 8.82. The number of halogens is 2. The lowest BCUT2D eigenvalue weighted by Crippen LogP contribution is -2.23. The predicted octanol–water partition coefficient (Wildman–Crippen LogP) is 3.69. The van der Waals surface area contributed by atoms with Crippen LogP contribution >= 0.6 is 0 Å². The molecule has 2 aromatic rings. The molecule has 21 heavy (non-hydrogen) atoms. The van der Waals surface area contributed by atoms with Crippen molar-refractivity contribution in [2.45, 2.75) is 13.5 Å². The summed E-state index contributed by atoms with van der Waals surface area (Å²) in [4.78, 5) is 12.5. The van der Waals surface area contributed by atoms with Gasteiger partial charge in [0.25, 0.3) is 0 Å². The minimum Gasteiger partial charge on any atom is -0.478 e. The Bertz CT molecular complexity index is 658. The number of nitrogens with zero attached hydrogens (tertiary/aromatic N) is 1. The van der Waals surface area contributed by atoms with Gasteiger partial charge in [-0.25, -0.2) is 13.6 Å². The van der Waals surface area contributed by atoms with Crippen LogP contribution in [0.2, 0.25) is 0 Å². The summed E-state index contributed by atoms with van der Waals surface area (Å²) in [5.74, 6) is -2.16. The van der Waals surface area contributed by atoms with Crippen molar-refractivity contribution in [3.8, 4) is 0 Å². The van der Waals surface area contributed by atoms with E-state index in [2.05, 4.69) is 0 Å². The van der Waals surface area contributed by atoms with E-state index >= 15 is 0 Å². The van der Waals surface area contributed by atoms with Crippen LogP contribution < -0.4 is 4.90 Å². The SMILES string of the molecule is CCN(Cc1ccc(C(=O)O)cc1F)c1ccccc1F. The fraction of sp³-hybridized carbons (Fsp3) is 0.188. The number of hydrogen-bond acceptors (Lipinski definition) is 2. The van der Waals surface area contributed by atoms with Crippen LogP contribution in [-0.2, 0) is 6.54 Å². The molecule has 0 saturated carbocycles. The molecule has 0 aliphatic heterocycles. The molecule has 0 aliphatic carbocycles. The first kappa shape index (κ1) is 15.0. The Morgan fingerprint density at radius 3 is 2.43 bits per heavy atom. The molecular formula is C16H15F2NO2. The number of aromatic carboxylic acids is 1. The molecule has 0 fully saturated rings. The maximum Gasteiger partial charge on any atom is 0.335 e. The smallest absolute Gasteiger partial charge is 0.335 e. The molecular weight excluding hydrogens is 276 g/mol. The average Bonchev–Trinajstić information content (AvgIpc) is 2.47. The van der Waals surface area contributed by atoms with Crippen molar-refractivity contribution in [2.24, 2.45) is 0 Å². The standard InChI is InChI=1S/C16H15F2NO2/c1-2-19(15-6-4-3-5-13(15)17)10-12-8-7-11(16(20)21)9-14(12)18/h3-9H,2,10H2,1H3,(H,20,21). The van der Waals surface area contributed by atoms with E-state index < -0.39 is 11.8 Å². The summed E-state index contributed by atoms with van der Waals surface area (Å²) < 4.78 is 27.7. The quantitative estimate of drug-likeness (QED) is 0.913. The van der Waals surface area contributed by atoms with Crippen molar-refractivity contribution in [3.63, 3.8) is 0 Å². The van der Waals surface area contributed by atoms with E-state index in [1.165, 1.54) is 18.2 Å². The highest BCUT2D eigenvalue weighted by Gasteiger charge is 2.14. The highest BCUT2D eigenvalue weighted by atomic mass is 19.1. The minimum atomic E-state index is -1.18. The number of carbonyl (C=O) groups is 1. The van der Waals surface area contributed by atoms with E-state index in [9.17, 15) is 13.6 Å². The van der Waals surface area contributed by atoms with E-state index in [1.807, 2.05) is 6.92 Å². The number of para-hydroxylation sites is 1. The maximum absolute atomic E-state index is 13.9. The molecule has 110 valence electrons. The van der Waals surface area contributed by atoms with Crippen molar-refractivity contribution >= 4 is 11.7 Å². The summed E-state index contributed by atoms with van der Waals surface area (Å²) in [5.41, 5.74) is 0.608. The van der Waals surface area contributed by atoms with Crippen molar-refractivity contribution in [1.82, 2.24) is 0 Å². The van der Waals surface area contributed by atoms with Gasteiger partial charge in [0.15, 0.2) is 0 Å². The zero-order valence-electron chi connectivity index (χ0n) is 11.5. The van der Waals surface area contributed by atoms with Crippen LogP contribution in [-0.4, -0.2) is 17.6 Å². The number of benzene rings is 2. The highest BCUT2D eigenvalue weighted by molar-refractivity contribution is 5.87. The van der Waals surface area contributed by atoms with E-state index in [0.29, 0.717) is 17.8 Å². The fourth-order valence-corrected chi connectivity index (χ4v) is 2.09. The Kier molecular flexibility index (Phi) is 4.52. The van der Waals surface area contributed by atoms with E-state index in [-0.39, 0.29) is 17.9 Å². The molecule has 2 rings (SSSR count). The molecule has 0 spiro atoms. The van der Waals surface area contributed by atoms with Gasteiger partial charge < -0.3 is 10.0 Å². The number of carboxylic acid groups (broad SMARTS) is 1. The van der Waals surface area contributed by atoms with Gasteiger partial charge in [-0.2, -0.15) is 0 Å². The van der Waals surface area contributed by atoms with Crippen molar-refractivity contribution in [3.05, 3.63) is 65.2 Å². The highest BCUT2D eigenvalue weighted by Crippen LogP contribution is 2.22. The van der Waals surface area contributed by atoms with Gasteiger partial charge >= 0.3 is 5.97 Å². The number of carboxylic acids is 1. The predicted molar refractivity (Wildman–Crippen MR) is 76.5 cm³/mol. The van der Waals surface area contributed by atoms with Gasteiger partial charge in [-0.15, -0.1) is 0 Å². The van der Waals surface area contributed by atoms with Crippen molar-refractivity contribution < 1.29 is 18.7 Å². The van der Waals surface area contributed by atoms with Crippen LogP contribution in [0.5, 0.6) is 0 Å². The van der Waals surface area contributed by atoms with E-state index in [1.54, 1.807) is 23.1 Å². The Labute approximate surface area is 121 Å². The van der Waals surface area contributed by atoms with Gasteiger partial charge in [-0.05, 0) is 31.2 Å². The first-order valence-corrected chi connectivity index (χ1v) is 6.54. The third-order valence-electron chi connectivity index (χ3n) is 3.24. The lowest BCUT2D eigenvalue weighted by atomic mass is 10.1. The first-order chi connectivity index (χ1) is 10.0. The molecule has 2 aromatic carbocycles. The third kappa shape index (κ3) is 3.37. The van der Waals surface area contributed by atoms with Gasteiger partial charge in [0.1, 0.15) is 11.6 Å². The van der Waals surface area contributed by atoms with Crippen LogP contribution in [0.3, 0.4) is 0 Å². The maximum atomic E-state index is 13.9. The van der Waals surface area contributed by atoms with Crippen LogP contribution in [0.4, 0.5) is 14.5 Å². The zero-order chi connectivity index (χ0) is 15.4. The molecule has 0 saturated heterocycles. The number of hydrogen-bond donors (Lipinski definition) is 1. The minimum absolute atomic E-state index is 0.106. The van der Waals surface area contributed by atoms with Gasteiger partial charge in [0.2, 0.25) is 0 Å². The lowest BCUT2D eigenvalue weighted by Gasteiger charge is -2.24. The van der Waals surface area contributed by atoms with Gasteiger partial charge in [0, 0.05) is 18.7 Å². The average molecular weight is 291 g/mol. The van der Waals surface area contributed by atoms with Gasteiger partial charge in [0.05, 0.1) is 11.3 Å². The normalized spacial score (nSPS) is 10.4.